The Bertz CT molecular complexity index is 265. The molecule has 3 heteroatoms. The second-order valence-corrected chi connectivity index (χ2v) is 4.08. The monoisotopic (exact) mass is 209 g/mol. The van der Waals surface area contributed by atoms with Gasteiger partial charge in [-0.1, -0.05) is 6.92 Å². The summed E-state index contributed by atoms with van der Waals surface area (Å²) in [5, 5.41) is 3.53. The fourth-order valence-electron chi connectivity index (χ4n) is 2.10. The van der Waals surface area contributed by atoms with Crippen LogP contribution in [0.5, 0.6) is 0 Å². The van der Waals surface area contributed by atoms with E-state index in [1.165, 1.54) is 18.4 Å². The largest absolute Gasteiger partial charge is 0.472 e. The Morgan fingerprint density at radius 1 is 1.60 bits per heavy atom. The van der Waals surface area contributed by atoms with Crippen molar-refractivity contribution in [3.63, 3.8) is 0 Å². The molecule has 2 heterocycles. The molecule has 1 N–H and O–H groups in total. The molecule has 3 nitrogen and oxygen atoms in total. The van der Waals surface area contributed by atoms with Gasteiger partial charge in [-0.05, 0) is 25.3 Å². The van der Waals surface area contributed by atoms with Crippen LogP contribution in [-0.4, -0.2) is 18.8 Å². The van der Waals surface area contributed by atoms with Gasteiger partial charge in [-0.15, -0.1) is 0 Å². The fourth-order valence-corrected chi connectivity index (χ4v) is 2.10. The van der Waals surface area contributed by atoms with Crippen LogP contribution in [0.2, 0.25) is 0 Å². The van der Waals surface area contributed by atoms with E-state index in [2.05, 4.69) is 12.2 Å². The molecule has 2 rings (SSSR count). The smallest absolute Gasteiger partial charge is 0.0947 e. The predicted molar refractivity (Wildman–Crippen MR) is 58.6 cm³/mol. The number of ether oxygens (including phenoxy) is 1. The second-order valence-electron chi connectivity index (χ2n) is 4.08. The highest BCUT2D eigenvalue weighted by Crippen LogP contribution is 2.17. The van der Waals surface area contributed by atoms with Crippen molar-refractivity contribution in [1.82, 2.24) is 5.32 Å². The normalized spacial score (nSPS) is 23.1. The minimum Gasteiger partial charge on any atom is -0.472 e. The minimum absolute atomic E-state index is 0.405. The molecule has 1 saturated heterocycles. The quantitative estimate of drug-likeness (QED) is 0.808. The van der Waals surface area contributed by atoms with E-state index < -0.39 is 0 Å². The van der Waals surface area contributed by atoms with Gasteiger partial charge >= 0.3 is 0 Å². The Hall–Kier alpha value is -0.800. The second kappa shape index (κ2) is 5.33. The van der Waals surface area contributed by atoms with Crippen molar-refractivity contribution in [3.8, 4) is 0 Å². The third-order valence-electron chi connectivity index (χ3n) is 3.00. The maximum Gasteiger partial charge on any atom is 0.0947 e. The first-order chi connectivity index (χ1) is 7.40. The molecule has 0 amide bonds. The average molecular weight is 209 g/mol. The van der Waals surface area contributed by atoms with Gasteiger partial charge in [-0.25, -0.2) is 0 Å². The lowest BCUT2D eigenvalue weighted by atomic mass is 10.1. The molecule has 1 aromatic rings. The van der Waals surface area contributed by atoms with Crippen molar-refractivity contribution >= 4 is 0 Å². The standard InChI is InChI=1S/C12H19NO2/c1-2-11(12-4-3-6-15-12)13-8-10-5-7-14-9-10/h5,7,9,11-13H,2-4,6,8H2,1H3. The number of nitrogens with one attached hydrogen (secondary N) is 1. The van der Waals surface area contributed by atoms with Gasteiger partial charge in [0.15, 0.2) is 0 Å². The van der Waals surface area contributed by atoms with Gasteiger partial charge < -0.3 is 14.5 Å². The van der Waals surface area contributed by atoms with E-state index in [-0.39, 0.29) is 0 Å². The zero-order chi connectivity index (χ0) is 10.5. The summed E-state index contributed by atoms with van der Waals surface area (Å²) >= 11 is 0. The van der Waals surface area contributed by atoms with E-state index in [1.54, 1.807) is 12.5 Å². The van der Waals surface area contributed by atoms with Crippen LogP contribution in [0.15, 0.2) is 23.0 Å². The Kier molecular flexibility index (Phi) is 3.80. The van der Waals surface area contributed by atoms with Gasteiger partial charge in [0.05, 0.1) is 18.6 Å². The molecule has 0 radical (unpaired) electrons. The van der Waals surface area contributed by atoms with Crippen molar-refractivity contribution in [2.75, 3.05) is 6.61 Å². The first kappa shape index (κ1) is 10.7. The van der Waals surface area contributed by atoms with E-state index in [9.17, 15) is 0 Å². The minimum atomic E-state index is 0.405. The summed E-state index contributed by atoms with van der Waals surface area (Å²) in [5.41, 5.74) is 1.20. The molecule has 1 fully saturated rings. The lowest BCUT2D eigenvalue weighted by molar-refractivity contribution is 0.0764. The first-order valence-corrected chi connectivity index (χ1v) is 5.76. The van der Waals surface area contributed by atoms with Gasteiger partial charge in [0.1, 0.15) is 0 Å². The molecule has 0 bridgehead atoms. The zero-order valence-electron chi connectivity index (χ0n) is 9.24. The van der Waals surface area contributed by atoms with Gasteiger partial charge in [0, 0.05) is 24.8 Å². The van der Waals surface area contributed by atoms with Gasteiger partial charge in [-0.2, -0.15) is 0 Å². The molecule has 0 saturated carbocycles. The highest BCUT2D eigenvalue weighted by atomic mass is 16.5. The molecule has 84 valence electrons. The first-order valence-electron chi connectivity index (χ1n) is 5.76. The molecular weight excluding hydrogens is 190 g/mol. The summed E-state index contributed by atoms with van der Waals surface area (Å²) in [4.78, 5) is 0. The molecule has 0 aromatic carbocycles. The van der Waals surface area contributed by atoms with Crippen molar-refractivity contribution in [2.45, 2.75) is 44.9 Å². The molecule has 0 aliphatic carbocycles. The molecule has 1 aliphatic rings. The fraction of sp³-hybridized carbons (Fsp3) is 0.667. The van der Waals surface area contributed by atoms with Crippen molar-refractivity contribution in [1.29, 1.82) is 0 Å². The topological polar surface area (TPSA) is 34.4 Å². The summed E-state index contributed by atoms with van der Waals surface area (Å²) in [7, 11) is 0. The molecular formula is C12H19NO2. The Balaban J connectivity index is 1.80. The van der Waals surface area contributed by atoms with Gasteiger partial charge in [0.25, 0.3) is 0 Å². The SMILES string of the molecule is CCC(NCc1ccoc1)C1CCCO1. The van der Waals surface area contributed by atoms with Crippen LogP contribution in [0, 0.1) is 0 Å². The molecule has 1 aromatic heterocycles. The molecule has 1 aliphatic heterocycles. The van der Waals surface area contributed by atoms with Crippen LogP contribution in [0.3, 0.4) is 0 Å². The molecule has 2 unspecified atom stereocenters. The van der Waals surface area contributed by atoms with E-state index >= 15 is 0 Å². The van der Waals surface area contributed by atoms with Crippen LogP contribution in [0.4, 0.5) is 0 Å². The molecule has 2 atom stereocenters. The number of hydrogen-bond acceptors (Lipinski definition) is 3. The summed E-state index contributed by atoms with van der Waals surface area (Å²) in [6, 6.07) is 2.47. The molecule has 15 heavy (non-hydrogen) atoms. The van der Waals surface area contributed by atoms with Crippen LogP contribution < -0.4 is 5.32 Å². The number of rotatable bonds is 5. The maximum absolute atomic E-state index is 5.69. The van der Waals surface area contributed by atoms with Crippen LogP contribution >= 0.6 is 0 Å². The summed E-state index contributed by atoms with van der Waals surface area (Å²) in [6.07, 6.45) is 7.41. The third kappa shape index (κ3) is 2.83. The van der Waals surface area contributed by atoms with E-state index in [1.807, 2.05) is 6.07 Å². The lowest BCUT2D eigenvalue weighted by Gasteiger charge is -2.22. The zero-order valence-corrected chi connectivity index (χ0v) is 9.24. The summed E-state index contributed by atoms with van der Waals surface area (Å²) < 4.78 is 10.7. The Labute approximate surface area is 90.8 Å². The van der Waals surface area contributed by atoms with E-state index in [4.69, 9.17) is 9.15 Å². The maximum atomic E-state index is 5.69. The average Bonchev–Trinajstić information content (AvgIpc) is 2.90. The third-order valence-corrected chi connectivity index (χ3v) is 3.00. The van der Waals surface area contributed by atoms with Crippen LogP contribution in [0.1, 0.15) is 31.7 Å². The predicted octanol–water partition coefficient (Wildman–Crippen LogP) is 2.33. The highest BCUT2D eigenvalue weighted by molar-refractivity contribution is 5.05. The highest BCUT2D eigenvalue weighted by Gasteiger charge is 2.23. The van der Waals surface area contributed by atoms with Crippen molar-refractivity contribution < 1.29 is 9.15 Å². The molecule has 0 spiro atoms. The number of furan rings is 1. The van der Waals surface area contributed by atoms with Gasteiger partial charge in [-0.3, -0.25) is 0 Å². The van der Waals surface area contributed by atoms with Gasteiger partial charge in [0.2, 0.25) is 0 Å². The Morgan fingerprint density at radius 3 is 3.13 bits per heavy atom. The van der Waals surface area contributed by atoms with E-state index in [0.717, 1.165) is 19.6 Å². The van der Waals surface area contributed by atoms with Crippen molar-refractivity contribution in [2.24, 2.45) is 0 Å². The summed E-state index contributed by atoms with van der Waals surface area (Å²) in [5.74, 6) is 0. The van der Waals surface area contributed by atoms with Crippen LogP contribution in [0.25, 0.3) is 0 Å². The number of hydrogen-bond donors (Lipinski definition) is 1. The van der Waals surface area contributed by atoms with E-state index in [0.29, 0.717) is 12.1 Å². The van der Waals surface area contributed by atoms with Crippen LogP contribution in [-0.2, 0) is 11.3 Å². The Morgan fingerprint density at radius 2 is 2.53 bits per heavy atom. The van der Waals surface area contributed by atoms with Crippen molar-refractivity contribution in [3.05, 3.63) is 24.2 Å². The summed E-state index contributed by atoms with van der Waals surface area (Å²) in [6.45, 7) is 4.00. The lowest BCUT2D eigenvalue weighted by Crippen LogP contribution is -2.38.